The van der Waals surface area contributed by atoms with Gasteiger partial charge < -0.3 is 4.74 Å². The van der Waals surface area contributed by atoms with E-state index in [1.165, 1.54) is 0 Å². The van der Waals surface area contributed by atoms with Crippen LogP contribution >= 0.6 is 0 Å². The van der Waals surface area contributed by atoms with E-state index < -0.39 is 0 Å². The smallest absolute Gasteiger partial charge is 0.0603 e. The molecule has 1 fully saturated rings. The maximum atomic E-state index is 5.17. The maximum absolute atomic E-state index is 5.17. The SMILES string of the molecule is C#C[C@@H]1CCCOC1. The van der Waals surface area contributed by atoms with Gasteiger partial charge in [0.25, 0.3) is 0 Å². The summed E-state index contributed by atoms with van der Waals surface area (Å²) >= 11 is 0. The molecule has 1 aliphatic heterocycles. The third kappa shape index (κ3) is 1.24. The number of terminal acetylenes is 1. The zero-order valence-corrected chi connectivity index (χ0v) is 4.89. The molecule has 0 spiro atoms. The Morgan fingerprint density at radius 2 is 2.50 bits per heavy atom. The second-order valence-corrected chi connectivity index (χ2v) is 2.08. The lowest BCUT2D eigenvalue weighted by atomic mass is 10.0. The minimum absolute atomic E-state index is 0.392. The Hall–Kier alpha value is -0.480. The van der Waals surface area contributed by atoms with Crippen molar-refractivity contribution in [1.82, 2.24) is 0 Å². The van der Waals surface area contributed by atoms with Crippen LogP contribution in [0, 0.1) is 18.3 Å². The highest BCUT2D eigenvalue weighted by Crippen LogP contribution is 2.10. The van der Waals surface area contributed by atoms with Crippen LogP contribution in [0.4, 0.5) is 0 Å². The predicted octanol–water partition coefficient (Wildman–Crippen LogP) is 1.05. The van der Waals surface area contributed by atoms with Crippen molar-refractivity contribution in [2.45, 2.75) is 12.8 Å². The molecule has 1 heteroatoms. The Bertz CT molecular complexity index is 95.4. The summed E-state index contributed by atoms with van der Waals surface area (Å²) in [6.07, 6.45) is 7.46. The lowest BCUT2D eigenvalue weighted by molar-refractivity contribution is 0.0740. The first-order valence-electron chi connectivity index (χ1n) is 2.97. The zero-order chi connectivity index (χ0) is 5.82. The molecule has 0 unspecified atom stereocenters. The molecule has 0 aromatic carbocycles. The lowest BCUT2D eigenvalue weighted by Gasteiger charge is -2.16. The molecule has 0 aliphatic carbocycles. The van der Waals surface area contributed by atoms with Gasteiger partial charge >= 0.3 is 0 Å². The number of rotatable bonds is 0. The monoisotopic (exact) mass is 110 g/mol. The molecule has 1 heterocycles. The van der Waals surface area contributed by atoms with E-state index in [9.17, 15) is 0 Å². The van der Waals surface area contributed by atoms with Crippen molar-refractivity contribution >= 4 is 0 Å². The van der Waals surface area contributed by atoms with E-state index in [0.29, 0.717) is 5.92 Å². The minimum Gasteiger partial charge on any atom is -0.380 e. The normalized spacial score (nSPS) is 29.1. The van der Waals surface area contributed by atoms with E-state index in [-0.39, 0.29) is 0 Å². The van der Waals surface area contributed by atoms with E-state index in [1.54, 1.807) is 0 Å². The van der Waals surface area contributed by atoms with Crippen molar-refractivity contribution in [2.75, 3.05) is 13.2 Å². The van der Waals surface area contributed by atoms with Crippen molar-refractivity contribution in [3.05, 3.63) is 0 Å². The largest absolute Gasteiger partial charge is 0.380 e. The summed E-state index contributed by atoms with van der Waals surface area (Å²) in [7, 11) is 0. The van der Waals surface area contributed by atoms with Crippen LogP contribution in [-0.4, -0.2) is 13.2 Å². The average Bonchev–Trinajstić information content (AvgIpc) is 1.90. The zero-order valence-electron chi connectivity index (χ0n) is 4.89. The van der Waals surface area contributed by atoms with Crippen molar-refractivity contribution in [1.29, 1.82) is 0 Å². The van der Waals surface area contributed by atoms with Crippen molar-refractivity contribution in [3.8, 4) is 12.3 Å². The van der Waals surface area contributed by atoms with Crippen LogP contribution in [0.15, 0.2) is 0 Å². The topological polar surface area (TPSA) is 9.23 Å². The Morgan fingerprint density at radius 3 is 2.88 bits per heavy atom. The van der Waals surface area contributed by atoms with Crippen LogP contribution in [0.3, 0.4) is 0 Å². The summed E-state index contributed by atoms with van der Waals surface area (Å²) in [6, 6.07) is 0. The first-order chi connectivity index (χ1) is 3.93. The van der Waals surface area contributed by atoms with Crippen LogP contribution in [0.1, 0.15) is 12.8 Å². The minimum atomic E-state index is 0.392. The molecule has 1 nitrogen and oxygen atoms in total. The van der Waals surface area contributed by atoms with Crippen molar-refractivity contribution < 1.29 is 4.74 Å². The molecule has 0 amide bonds. The van der Waals surface area contributed by atoms with Gasteiger partial charge in [0.2, 0.25) is 0 Å². The summed E-state index contributed by atoms with van der Waals surface area (Å²) in [5.41, 5.74) is 0. The highest BCUT2D eigenvalue weighted by atomic mass is 16.5. The van der Waals surface area contributed by atoms with Gasteiger partial charge in [0.05, 0.1) is 6.61 Å². The van der Waals surface area contributed by atoms with Gasteiger partial charge in [-0.3, -0.25) is 0 Å². The molecule has 0 N–H and O–H groups in total. The summed E-state index contributed by atoms with van der Waals surface area (Å²) in [4.78, 5) is 0. The molecule has 1 saturated heterocycles. The predicted molar refractivity (Wildman–Crippen MR) is 32.4 cm³/mol. The van der Waals surface area contributed by atoms with Gasteiger partial charge in [0.1, 0.15) is 0 Å². The molecule has 44 valence electrons. The van der Waals surface area contributed by atoms with Crippen LogP contribution < -0.4 is 0 Å². The second kappa shape index (κ2) is 2.74. The van der Waals surface area contributed by atoms with Gasteiger partial charge in [-0.15, -0.1) is 12.3 Å². The first-order valence-corrected chi connectivity index (χ1v) is 2.97. The Morgan fingerprint density at radius 1 is 1.62 bits per heavy atom. The highest BCUT2D eigenvalue weighted by molar-refractivity contribution is 4.93. The Labute approximate surface area is 50.0 Å². The average molecular weight is 110 g/mol. The maximum Gasteiger partial charge on any atom is 0.0603 e. The fourth-order valence-corrected chi connectivity index (χ4v) is 0.872. The van der Waals surface area contributed by atoms with Crippen molar-refractivity contribution in [2.24, 2.45) is 5.92 Å². The third-order valence-electron chi connectivity index (χ3n) is 1.40. The summed E-state index contributed by atoms with van der Waals surface area (Å²) < 4.78 is 5.13. The van der Waals surface area contributed by atoms with Crippen molar-refractivity contribution in [3.63, 3.8) is 0 Å². The molecule has 1 rings (SSSR count). The molecular weight excluding hydrogens is 100 g/mol. The van der Waals surface area contributed by atoms with Crippen LogP contribution in [0.5, 0.6) is 0 Å². The van der Waals surface area contributed by atoms with Gasteiger partial charge in [-0.1, -0.05) is 0 Å². The van der Waals surface area contributed by atoms with Crippen LogP contribution in [0.2, 0.25) is 0 Å². The van der Waals surface area contributed by atoms with Gasteiger partial charge in [0.15, 0.2) is 0 Å². The fraction of sp³-hybridized carbons (Fsp3) is 0.714. The molecule has 0 aromatic rings. The summed E-state index contributed by atoms with van der Waals surface area (Å²) in [5, 5.41) is 0. The second-order valence-electron chi connectivity index (χ2n) is 2.08. The Balaban J connectivity index is 2.25. The van der Waals surface area contributed by atoms with Crippen LogP contribution in [0.25, 0.3) is 0 Å². The van der Waals surface area contributed by atoms with E-state index in [4.69, 9.17) is 11.2 Å². The number of hydrogen-bond acceptors (Lipinski definition) is 1. The van der Waals surface area contributed by atoms with Gasteiger partial charge in [-0.25, -0.2) is 0 Å². The van der Waals surface area contributed by atoms with E-state index in [2.05, 4.69) is 5.92 Å². The first kappa shape index (κ1) is 5.65. The molecule has 0 radical (unpaired) electrons. The van der Waals surface area contributed by atoms with Gasteiger partial charge in [-0.2, -0.15) is 0 Å². The van der Waals surface area contributed by atoms with Crippen LogP contribution in [-0.2, 0) is 4.74 Å². The summed E-state index contributed by atoms with van der Waals surface area (Å²) in [5.74, 6) is 3.07. The molecule has 0 saturated carbocycles. The van der Waals surface area contributed by atoms with E-state index in [0.717, 1.165) is 26.1 Å². The Kier molecular flexibility index (Phi) is 1.93. The third-order valence-corrected chi connectivity index (χ3v) is 1.40. The molecule has 1 aliphatic rings. The quantitative estimate of drug-likeness (QED) is 0.423. The number of ether oxygens (including phenoxy) is 1. The molecule has 0 bridgehead atoms. The molecule has 8 heavy (non-hydrogen) atoms. The van der Waals surface area contributed by atoms with E-state index >= 15 is 0 Å². The van der Waals surface area contributed by atoms with E-state index in [1.807, 2.05) is 0 Å². The van der Waals surface area contributed by atoms with Gasteiger partial charge in [0, 0.05) is 12.5 Å². The molecule has 1 atom stereocenters. The van der Waals surface area contributed by atoms with Gasteiger partial charge in [-0.05, 0) is 12.8 Å². The fourth-order valence-electron chi connectivity index (χ4n) is 0.872. The number of hydrogen-bond donors (Lipinski definition) is 0. The standard InChI is InChI=1S/C7H10O/c1-2-7-4-3-5-8-6-7/h1,7H,3-6H2/t7-/m1/s1. The molecular formula is C7H10O. The lowest BCUT2D eigenvalue weighted by Crippen LogP contribution is -2.14. The summed E-state index contributed by atoms with van der Waals surface area (Å²) in [6.45, 7) is 1.68. The highest BCUT2D eigenvalue weighted by Gasteiger charge is 2.09. The molecule has 0 aromatic heterocycles.